The number of rotatable bonds is 3. The first-order valence-electron chi connectivity index (χ1n) is 5.20. The number of benzene rings is 2. The predicted octanol–water partition coefficient (Wildman–Crippen LogP) is 5.73. The van der Waals surface area contributed by atoms with Gasteiger partial charge in [0.15, 0.2) is 0 Å². The summed E-state index contributed by atoms with van der Waals surface area (Å²) >= 11 is 10.1. The minimum atomic E-state index is -0.248. The highest BCUT2D eigenvalue weighted by molar-refractivity contribution is 9.11. The van der Waals surface area contributed by atoms with E-state index >= 15 is 0 Å². The van der Waals surface area contributed by atoms with Crippen molar-refractivity contribution in [3.05, 3.63) is 61.2 Å². The molecule has 0 saturated heterocycles. The molecule has 0 fully saturated rings. The van der Waals surface area contributed by atoms with Crippen LogP contribution in [0.2, 0.25) is 0 Å². The van der Waals surface area contributed by atoms with Crippen molar-refractivity contribution in [2.75, 3.05) is 5.32 Å². The van der Waals surface area contributed by atoms with Gasteiger partial charge in [-0.1, -0.05) is 28.1 Å². The first-order valence-corrected chi connectivity index (χ1v) is 7.57. The Labute approximate surface area is 130 Å². The smallest absolute Gasteiger partial charge is 0.137 e. The number of hydrogen-bond acceptors (Lipinski definition) is 1. The normalized spacial score (nSPS) is 10.4. The monoisotopic (exact) mass is 435 g/mol. The zero-order valence-corrected chi connectivity index (χ0v) is 13.9. The van der Waals surface area contributed by atoms with E-state index in [1.54, 1.807) is 6.07 Å². The van der Waals surface area contributed by atoms with Crippen LogP contribution in [0.1, 0.15) is 5.56 Å². The molecule has 0 unspecified atom stereocenters. The third kappa shape index (κ3) is 3.33. The summed E-state index contributed by atoms with van der Waals surface area (Å²) in [6, 6.07) is 10.9. The van der Waals surface area contributed by atoms with E-state index in [0.717, 1.165) is 20.2 Å². The zero-order valence-electron chi connectivity index (χ0n) is 9.18. The van der Waals surface area contributed by atoms with E-state index in [0.29, 0.717) is 11.0 Å². The van der Waals surface area contributed by atoms with Crippen molar-refractivity contribution in [3.63, 3.8) is 0 Å². The third-order valence-corrected chi connectivity index (χ3v) is 4.50. The molecule has 2 aromatic carbocycles. The molecule has 0 amide bonds. The standard InChI is InChI=1S/C13H9Br3FN/c14-9-4-5-10(15)12(6-9)18-7-8-2-1-3-11(17)13(8)16/h1-6,18H,7H2. The first-order chi connectivity index (χ1) is 8.58. The van der Waals surface area contributed by atoms with Gasteiger partial charge in [0, 0.05) is 21.2 Å². The van der Waals surface area contributed by atoms with Gasteiger partial charge in [0.2, 0.25) is 0 Å². The van der Waals surface area contributed by atoms with Gasteiger partial charge < -0.3 is 5.32 Å². The molecule has 2 rings (SSSR count). The van der Waals surface area contributed by atoms with E-state index in [9.17, 15) is 4.39 Å². The topological polar surface area (TPSA) is 12.0 Å². The molecule has 2 aromatic rings. The van der Waals surface area contributed by atoms with E-state index in [1.807, 2.05) is 24.3 Å². The van der Waals surface area contributed by atoms with E-state index in [1.165, 1.54) is 6.07 Å². The molecule has 0 radical (unpaired) electrons. The quantitative estimate of drug-likeness (QED) is 0.647. The summed E-state index contributed by atoms with van der Waals surface area (Å²) in [5.41, 5.74) is 1.84. The van der Waals surface area contributed by atoms with Crippen LogP contribution in [0.15, 0.2) is 49.8 Å². The van der Waals surface area contributed by atoms with Crippen LogP contribution < -0.4 is 5.32 Å². The Kier molecular flexibility index (Phi) is 4.81. The van der Waals surface area contributed by atoms with Crippen molar-refractivity contribution in [1.82, 2.24) is 0 Å². The zero-order chi connectivity index (χ0) is 13.1. The molecule has 1 N–H and O–H groups in total. The summed E-state index contributed by atoms with van der Waals surface area (Å²) in [5, 5.41) is 3.26. The van der Waals surface area contributed by atoms with Crippen molar-refractivity contribution >= 4 is 53.5 Å². The lowest BCUT2D eigenvalue weighted by Gasteiger charge is -2.10. The minimum Gasteiger partial charge on any atom is -0.380 e. The van der Waals surface area contributed by atoms with Gasteiger partial charge in [0.05, 0.1) is 4.47 Å². The Hall–Kier alpha value is -0.390. The van der Waals surface area contributed by atoms with E-state index in [2.05, 4.69) is 53.1 Å². The second-order valence-corrected chi connectivity index (χ2v) is 6.25. The largest absolute Gasteiger partial charge is 0.380 e. The van der Waals surface area contributed by atoms with E-state index in [-0.39, 0.29) is 5.82 Å². The Morgan fingerprint density at radius 3 is 2.61 bits per heavy atom. The maximum Gasteiger partial charge on any atom is 0.137 e. The Balaban J connectivity index is 2.16. The van der Waals surface area contributed by atoms with Crippen LogP contribution in [0.5, 0.6) is 0 Å². The molecule has 5 heteroatoms. The van der Waals surface area contributed by atoms with Crippen LogP contribution in [0, 0.1) is 5.82 Å². The molecule has 0 aliphatic rings. The fraction of sp³-hybridized carbons (Fsp3) is 0.0769. The molecule has 0 heterocycles. The first kappa shape index (κ1) is 14.0. The molecule has 0 aliphatic carbocycles. The van der Waals surface area contributed by atoms with Gasteiger partial charge in [-0.3, -0.25) is 0 Å². The number of nitrogens with one attached hydrogen (secondary N) is 1. The average molecular weight is 438 g/mol. The van der Waals surface area contributed by atoms with Crippen LogP contribution in [0.25, 0.3) is 0 Å². The summed E-state index contributed by atoms with van der Waals surface area (Å²) in [4.78, 5) is 0. The van der Waals surface area contributed by atoms with Crippen LogP contribution in [-0.4, -0.2) is 0 Å². The maximum atomic E-state index is 13.4. The Morgan fingerprint density at radius 2 is 1.83 bits per heavy atom. The third-order valence-electron chi connectivity index (χ3n) is 2.43. The highest BCUT2D eigenvalue weighted by Gasteiger charge is 2.06. The molecule has 0 aliphatic heterocycles. The van der Waals surface area contributed by atoms with Gasteiger partial charge in [0.1, 0.15) is 5.82 Å². The number of hydrogen-bond donors (Lipinski definition) is 1. The Morgan fingerprint density at radius 1 is 1.06 bits per heavy atom. The van der Waals surface area contributed by atoms with E-state index in [4.69, 9.17) is 0 Å². The number of halogens is 4. The second-order valence-electron chi connectivity index (χ2n) is 3.69. The number of anilines is 1. The van der Waals surface area contributed by atoms with E-state index < -0.39 is 0 Å². The molecule has 0 spiro atoms. The summed E-state index contributed by atoms with van der Waals surface area (Å²) < 4.78 is 15.8. The van der Waals surface area contributed by atoms with Crippen LogP contribution in [0.3, 0.4) is 0 Å². The van der Waals surface area contributed by atoms with Crippen LogP contribution >= 0.6 is 47.8 Å². The molecular weight excluding hydrogens is 429 g/mol. The fourth-order valence-corrected chi connectivity index (χ4v) is 2.66. The summed E-state index contributed by atoms with van der Waals surface area (Å²) in [6.45, 7) is 0.549. The molecule has 0 saturated carbocycles. The lowest BCUT2D eigenvalue weighted by atomic mass is 10.2. The predicted molar refractivity (Wildman–Crippen MR) is 83.3 cm³/mol. The Bertz CT molecular complexity index is 570. The second kappa shape index (κ2) is 6.17. The fourth-order valence-electron chi connectivity index (χ4n) is 1.51. The van der Waals surface area contributed by atoms with Gasteiger partial charge >= 0.3 is 0 Å². The summed E-state index contributed by atoms with van der Waals surface area (Å²) in [5.74, 6) is -0.248. The van der Waals surface area contributed by atoms with Gasteiger partial charge in [-0.15, -0.1) is 0 Å². The molecule has 0 atom stereocenters. The van der Waals surface area contributed by atoms with Crippen LogP contribution in [0.4, 0.5) is 10.1 Å². The van der Waals surface area contributed by atoms with Crippen molar-refractivity contribution in [3.8, 4) is 0 Å². The average Bonchev–Trinajstić information content (AvgIpc) is 2.35. The van der Waals surface area contributed by atoms with Crippen molar-refractivity contribution in [2.24, 2.45) is 0 Å². The molecule has 18 heavy (non-hydrogen) atoms. The van der Waals surface area contributed by atoms with Gasteiger partial charge in [-0.25, -0.2) is 4.39 Å². The lowest BCUT2D eigenvalue weighted by Crippen LogP contribution is -2.01. The summed E-state index contributed by atoms with van der Waals surface area (Å²) in [6.07, 6.45) is 0. The van der Waals surface area contributed by atoms with Gasteiger partial charge in [0.25, 0.3) is 0 Å². The SMILES string of the molecule is Fc1cccc(CNc2cc(Br)ccc2Br)c1Br. The minimum absolute atomic E-state index is 0.248. The van der Waals surface area contributed by atoms with Crippen molar-refractivity contribution in [1.29, 1.82) is 0 Å². The lowest BCUT2D eigenvalue weighted by molar-refractivity contribution is 0.618. The molecule has 1 nitrogen and oxygen atoms in total. The van der Waals surface area contributed by atoms with Crippen molar-refractivity contribution in [2.45, 2.75) is 6.54 Å². The van der Waals surface area contributed by atoms with Crippen LogP contribution in [-0.2, 0) is 6.54 Å². The van der Waals surface area contributed by atoms with Gasteiger partial charge in [-0.05, 0) is 61.7 Å². The highest BCUT2D eigenvalue weighted by Crippen LogP contribution is 2.28. The molecule has 0 aromatic heterocycles. The van der Waals surface area contributed by atoms with Gasteiger partial charge in [-0.2, -0.15) is 0 Å². The molecule has 94 valence electrons. The molecular formula is C13H9Br3FN. The van der Waals surface area contributed by atoms with Crippen molar-refractivity contribution < 1.29 is 4.39 Å². The molecule has 0 bridgehead atoms. The maximum absolute atomic E-state index is 13.4. The summed E-state index contributed by atoms with van der Waals surface area (Å²) in [7, 11) is 0. The highest BCUT2D eigenvalue weighted by atomic mass is 79.9.